The van der Waals surface area contributed by atoms with E-state index in [0.717, 1.165) is 30.5 Å². The van der Waals surface area contributed by atoms with E-state index in [0.29, 0.717) is 25.8 Å². The summed E-state index contributed by atoms with van der Waals surface area (Å²) < 4.78 is 0. The lowest BCUT2D eigenvalue weighted by Gasteiger charge is -2.24. The van der Waals surface area contributed by atoms with E-state index < -0.39 is 0 Å². The number of nitrogens with one attached hydrogen (secondary N) is 2. The predicted molar refractivity (Wildman–Crippen MR) is 87.9 cm³/mol. The summed E-state index contributed by atoms with van der Waals surface area (Å²) in [5, 5.41) is 15.6. The predicted octanol–water partition coefficient (Wildman–Crippen LogP) is 1.85. The number of hydrogen-bond donors (Lipinski definition) is 3. The maximum Gasteiger partial charge on any atom is 0.227 e. The highest BCUT2D eigenvalue weighted by Crippen LogP contribution is 2.27. The minimum absolute atomic E-state index is 0.00251. The lowest BCUT2D eigenvalue weighted by Crippen LogP contribution is -2.34. The zero-order valence-corrected chi connectivity index (χ0v) is 13.3. The van der Waals surface area contributed by atoms with Crippen molar-refractivity contribution in [2.75, 3.05) is 11.9 Å². The highest BCUT2D eigenvalue weighted by Gasteiger charge is 2.27. The van der Waals surface area contributed by atoms with E-state index >= 15 is 0 Å². The fourth-order valence-corrected chi connectivity index (χ4v) is 3.54. The Morgan fingerprint density at radius 1 is 1.30 bits per heavy atom. The van der Waals surface area contributed by atoms with Gasteiger partial charge in [-0.25, -0.2) is 0 Å². The molecule has 3 unspecified atom stereocenters. The van der Waals surface area contributed by atoms with Crippen molar-refractivity contribution in [3.63, 3.8) is 0 Å². The fraction of sp³-hybridized carbons (Fsp3) is 0.556. The molecule has 1 aromatic rings. The molecule has 1 fully saturated rings. The maximum absolute atomic E-state index is 12.1. The van der Waals surface area contributed by atoms with E-state index in [2.05, 4.69) is 10.6 Å². The lowest BCUT2D eigenvalue weighted by molar-refractivity contribution is -0.123. The van der Waals surface area contributed by atoms with Crippen molar-refractivity contribution in [2.45, 2.75) is 44.6 Å². The molecule has 3 atom stereocenters. The van der Waals surface area contributed by atoms with Crippen molar-refractivity contribution in [1.82, 2.24) is 5.32 Å². The van der Waals surface area contributed by atoms with Crippen LogP contribution in [0.25, 0.3) is 0 Å². The van der Waals surface area contributed by atoms with Crippen LogP contribution in [-0.4, -0.2) is 29.6 Å². The monoisotopic (exact) mass is 316 g/mol. The first-order valence-electron chi connectivity index (χ1n) is 8.47. The van der Waals surface area contributed by atoms with Crippen LogP contribution in [0.15, 0.2) is 24.3 Å². The Kier molecular flexibility index (Phi) is 4.96. The molecule has 0 radical (unpaired) electrons. The Hall–Kier alpha value is -1.88. The second-order valence-electron chi connectivity index (χ2n) is 6.65. The Bertz CT molecular complexity index is 587. The molecular weight excluding hydrogens is 292 g/mol. The van der Waals surface area contributed by atoms with E-state index in [9.17, 15) is 14.7 Å². The highest BCUT2D eigenvalue weighted by molar-refractivity contribution is 5.96. The molecule has 0 bridgehead atoms. The molecule has 2 amide bonds. The summed E-state index contributed by atoms with van der Waals surface area (Å²) in [7, 11) is 0. The number of fused-ring (bicyclic) bond motifs is 1. The SMILES string of the molecule is O=C(CCC1Cc2ccccc2NC1=O)NCC1CCCC1O. The van der Waals surface area contributed by atoms with Gasteiger partial charge in [-0.3, -0.25) is 9.59 Å². The number of rotatable bonds is 5. The molecule has 5 heteroatoms. The van der Waals surface area contributed by atoms with Crippen molar-refractivity contribution in [2.24, 2.45) is 11.8 Å². The zero-order valence-electron chi connectivity index (χ0n) is 13.3. The third-order valence-electron chi connectivity index (χ3n) is 5.01. The van der Waals surface area contributed by atoms with E-state index in [4.69, 9.17) is 0 Å². The standard InChI is InChI=1S/C18H24N2O3/c21-16-7-3-5-14(16)11-19-17(22)9-8-13-10-12-4-1-2-6-15(12)20-18(13)23/h1-2,4,6,13-14,16,21H,3,5,7-11H2,(H,19,22)(H,20,23). The number of carbonyl (C=O) groups is 2. The van der Waals surface area contributed by atoms with E-state index in [1.165, 1.54) is 0 Å². The first-order chi connectivity index (χ1) is 11.1. The van der Waals surface area contributed by atoms with Gasteiger partial charge in [0.15, 0.2) is 0 Å². The summed E-state index contributed by atoms with van der Waals surface area (Å²) in [6, 6.07) is 7.80. The number of carbonyl (C=O) groups excluding carboxylic acids is 2. The minimum Gasteiger partial charge on any atom is -0.393 e. The van der Waals surface area contributed by atoms with Gasteiger partial charge in [0.1, 0.15) is 0 Å². The number of amides is 2. The Morgan fingerprint density at radius 3 is 2.91 bits per heavy atom. The smallest absolute Gasteiger partial charge is 0.227 e. The molecule has 1 saturated carbocycles. The van der Waals surface area contributed by atoms with Gasteiger partial charge in [0, 0.05) is 30.5 Å². The Balaban J connectivity index is 1.45. The molecule has 5 nitrogen and oxygen atoms in total. The molecule has 0 aromatic heterocycles. The number of benzene rings is 1. The van der Waals surface area contributed by atoms with Gasteiger partial charge in [-0.15, -0.1) is 0 Å². The van der Waals surface area contributed by atoms with Crippen molar-refractivity contribution >= 4 is 17.5 Å². The average Bonchev–Trinajstić information content (AvgIpc) is 2.96. The second kappa shape index (κ2) is 7.13. The van der Waals surface area contributed by atoms with Gasteiger partial charge in [0.05, 0.1) is 6.10 Å². The van der Waals surface area contributed by atoms with Crippen molar-refractivity contribution in [3.05, 3.63) is 29.8 Å². The normalized spacial score (nSPS) is 26.5. The third-order valence-corrected chi connectivity index (χ3v) is 5.01. The molecule has 3 rings (SSSR count). The minimum atomic E-state index is -0.282. The van der Waals surface area contributed by atoms with Gasteiger partial charge < -0.3 is 15.7 Å². The van der Waals surface area contributed by atoms with Crippen molar-refractivity contribution in [3.8, 4) is 0 Å². The first kappa shape index (κ1) is 16.0. The summed E-state index contributed by atoms with van der Waals surface area (Å²) in [5.41, 5.74) is 2.01. The van der Waals surface area contributed by atoms with Crippen LogP contribution in [0.4, 0.5) is 5.69 Å². The zero-order chi connectivity index (χ0) is 16.2. The molecule has 0 saturated heterocycles. The second-order valence-corrected chi connectivity index (χ2v) is 6.65. The lowest BCUT2D eigenvalue weighted by atomic mass is 9.89. The van der Waals surface area contributed by atoms with E-state index in [1.807, 2.05) is 24.3 Å². The van der Waals surface area contributed by atoms with Gasteiger partial charge in [0.25, 0.3) is 0 Å². The number of hydrogen-bond acceptors (Lipinski definition) is 3. The van der Waals surface area contributed by atoms with Gasteiger partial charge >= 0.3 is 0 Å². The van der Waals surface area contributed by atoms with Crippen LogP contribution in [0.5, 0.6) is 0 Å². The quantitative estimate of drug-likeness (QED) is 0.776. The first-order valence-corrected chi connectivity index (χ1v) is 8.47. The molecule has 0 spiro atoms. The van der Waals surface area contributed by atoms with E-state index in [1.54, 1.807) is 0 Å². The molecule has 1 aromatic carbocycles. The molecule has 1 aliphatic heterocycles. The Morgan fingerprint density at radius 2 is 2.13 bits per heavy atom. The summed E-state index contributed by atoms with van der Waals surface area (Å²) in [4.78, 5) is 24.1. The molecule has 3 N–H and O–H groups in total. The van der Waals surface area contributed by atoms with E-state index in [-0.39, 0.29) is 29.8 Å². The maximum atomic E-state index is 12.1. The molecule has 2 aliphatic rings. The highest BCUT2D eigenvalue weighted by atomic mass is 16.3. The van der Waals surface area contributed by atoms with Crippen LogP contribution >= 0.6 is 0 Å². The molecular formula is C18H24N2O3. The van der Waals surface area contributed by atoms with Crippen molar-refractivity contribution in [1.29, 1.82) is 0 Å². The van der Waals surface area contributed by atoms with Gasteiger partial charge in [0.2, 0.25) is 11.8 Å². The van der Waals surface area contributed by atoms with Crippen LogP contribution in [0.1, 0.15) is 37.7 Å². The summed E-state index contributed by atoms with van der Waals surface area (Å²) in [6.07, 6.45) is 4.16. The fourth-order valence-electron chi connectivity index (χ4n) is 3.54. The topological polar surface area (TPSA) is 78.4 Å². The molecule has 124 valence electrons. The van der Waals surface area contributed by atoms with Crippen LogP contribution < -0.4 is 10.6 Å². The van der Waals surface area contributed by atoms with Crippen LogP contribution in [-0.2, 0) is 16.0 Å². The van der Waals surface area contributed by atoms with Gasteiger partial charge in [-0.1, -0.05) is 24.6 Å². The number of anilines is 1. The van der Waals surface area contributed by atoms with Gasteiger partial charge in [-0.2, -0.15) is 0 Å². The summed E-state index contributed by atoms with van der Waals surface area (Å²) in [5.74, 6) is 0.00926. The number of para-hydroxylation sites is 1. The van der Waals surface area contributed by atoms with Crippen molar-refractivity contribution < 1.29 is 14.7 Å². The summed E-state index contributed by atoms with van der Waals surface area (Å²) in [6.45, 7) is 0.541. The molecule has 1 heterocycles. The summed E-state index contributed by atoms with van der Waals surface area (Å²) >= 11 is 0. The molecule has 23 heavy (non-hydrogen) atoms. The molecule has 1 aliphatic carbocycles. The van der Waals surface area contributed by atoms with Crippen LogP contribution in [0.3, 0.4) is 0 Å². The number of aliphatic hydroxyl groups is 1. The Labute approximate surface area is 136 Å². The average molecular weight is 316 g/mol. The van der Waals surface area contributed by atoms with Gasteiger partial charge in [-0.05, 0) is 37.3 Å². The number of aliphatic hydroxyl groups excluding tert-OH is 1. The van der Waals surface area contributed by atoms with Crippen LogP contribution in [0.2, 0.25) is 0 Å². The largest absolute Gasteiger partial charge is 0.393 e. The van der Waals surface area contributed by atoms with Crippen LogP contribution in [0, 0.1) is 11.8 Å². The third kappa shape index (κ3) is 3.91.